The Morgan fingerprint density at radius 1 is 1.27 bits per heavy atom. The molecule has 1 N–H and O–H groups in total. The van der Waals surface area contributed by atoms with Crippen molar-refractivity contribution in [1.29, 1.82) is 5.26 Å². The largest absolute Gasteiger partial charge is 0.379 e. The third-order valence-corrected chi connectivity index (χ3v) is 7.65. The third kappa shape index (κ3) is 4.06. The minimum absolute atomic E-state index is 0.136. The Labute approximate surface area is 178 Å². The number of hydrogen-bond donors (Lipinski definition) is 1. The van der Waals surface area contributed by atoms with Crippen molar-refractivity contribution in [1.82, 2.24) is 9.29 Å². The highest BCUT2D eigenvalue weighted by Gasteiger charge is 2.26. The van der Waals surface area contributed by atoms with Crippen molar-refractivity contribution in [2.75, 3.05) is 31.7 Å². The normalized spacial score (nSPS) is 15.8. The smallest absolute Gasteiger partial charge is 0.243 e. The number of anilines is 1. The van der Waals surface area contributed by atoms with E-state index >= 15 is 0 Å². The number of nitriles is 1. The van der Waals surface area contributed by atoms with Crippen LogP contribution in [0.1, 0.15) is 10.6 Å². The number of para-hydroxylation sites is 1. The molecule has 0 saturated carbocycles. The van der Waals surface area contributed by atoms with Gasteiger partial charge in [0.25, 0.3) is 0 Å². The molecule has 10 heteroatoms. The molecule has 1 fully saturated rings. The summed E-state index contributed by atoms with van der Waals surface area (Å²) in [5.41, 5.74) is 5.10. The van der Waals surface area contributed by atoms with E-state index in [0.29, 0.717) is 37.0 Å². The summed E-state index contributed by atoms with van der Waals surface area (Å²) in [6.45, 7) is 3.26. The molecule has 0 atom stereocenters. The zero-order valence-corrected chi connectivity index (χ0v) is 17.8. The Hall–Kier alpha value is -2.84. The Morgan fingerprint density at radius 2 is 2.03 bits per heavy atom. The van der Waals surface area contributed by atoms with Crippen LogP contribution < -0.4 is 5.43 Å². The Balaban J connectivity index is 1.62. The van der Waals surface area contributed by atoms with E-state index in [1.807, 2.05) is 31.2 Å². The number of aromatic nitrogens is 1. The molecule has 4 rings (SSSR count). The SMILES string of the molecule is Cc1ccc(S(=O)(=O)N2CCOCC2)cc1N/N=C(\C#N)c1nc2ccccc2s1. The quantitative estimate of drug-likeness (QED) is 0.482. The Bertz CT molecular complexity index is 1220. The van der Waals surface area contributed by atoms with Gasteiger partial charge in [-0.25, -0.2) is 13.4 Å². The van der Waals surface area contributed by atoms with E-state index < -0.39 is 10.0 Å². The number of fused-ring (bicyclic) bond motifs is 1. The molecule has 0 aliphatic carbocycles. The summed E-state index contributed by atoms with van der Waals surface area (Å²) in [6.07, 6.45) is 0. The van der Waals surface area contributed by atoms with Gasteiger partial charge in [-0.15, -0.1) is 11.3 Å². The van der Waals surface area contributed by atoms with Crippen molar-refractivity contribution in [3.8, 4) is 6.07 Å². The second-order valence-electron chi connectivity index (χ2n) is 6.66. The molecule has 0 radical (unpaired) electrons. The van der Waals surface area contributed by atoms with E-state index in [0.717, 1.165) is 15.8 Å². The first-order valence-corrected chi connectivity index (χ1v) is 11.5. The maximum absolute atomic E-state index is 12.9. The van der Waals surface area contributed by atoms with Crippen LogP contribution in [0.25, 0.3) is 10.2 Å². The summed E-state index contributed by atoms with van der Waals surface area (Å²) in [7, 11) is -3.63. The fraction of sp³-hybridized carbons (Fsp3) is 0.250. The van der Waals surface area contributed by atoms with Gasteiger partial charge in [-0.05, 0) is 36.8 Å². The third-order valence-electron chi connectivity index (χ3n) is 4.71. The van der Waals surface area contributed by atoms with Gasteiger partial charge in [-0.2, -0.15) is 14.7 Å². The summed E-state index contributed by atoms with van der Waals surface area (Å²) >= 11 is 1.38. The molecular formula is C20H19N5O3S2. The monoisotopic (exact) mass is 441 g/mol. The first kappa shape index (κ1) is 20.4. The second kappa shape index (κ2) is 8.49. The van der Waals surface area contributed by atoms with Crippen molar-refractivity contribution >= 4 is 43.0 Å². The maximum Gasteiger partial charge on any atom is 0.243 e. The molecule has 1 saturated heterocycles. The van der Waals surface area contributed by atoms with E-state index in [9.17, 15) is 13.7 Å². The summed E-state index contributed by atoms with van der Waals surface area (Å²) < 4.78 is 33.4. The summed E-state index contributed by atoms with van der Waals surface area (Å²) in [4.78, 5) is 4.62. The van der Waals surface area contributed by atoms with Crippen LogP contribution in [0.15, 0.2) is 52.5 Å². The number of sulfonamides is 1. The average Bonchev–Trinajstić information content (AvgIpc) is 3.20. The zero-order chi connectivity index (χ0) is 21.1. The first-order chi connectivity index (χ1) is 14.5. The number of benzene rings is 2. The van der Waals surface area contributed by atoms with Gasteiger partial charge in [0.1, 0.15) is 6.07 Å². The number of morpholine rings is 1. The van der Waals surface area contributed by atoms with Crippen LogP contribution in [-0.4, -0.2) is 49.7 Å². The summed E-state index contributed by atoms with van der Waals surface area (Å²) in [5.74, 6) is 0. The lowest BCUT2D eigenvalue weighted by molar-refractivity contribution is 0.0730. The van der Waals surface area contributed by atoms with Crippen LogP contribution in [0.5, 0.6) is 0 Å². The van der Waals surface area contributed by atoms with Crippen LogP contribution in [0, 0.1) is 18.3 Å². The minimum Gasteiger partial charge on any atom is -0.379 e. The standard InChI is InChI=1S/C20H19N5O3S2/c1-14-6-7-15(30(26,27)25-8-10-28-11-9-25)12-17(14)23-24-18(13-21)20-22-16-4-2-3-5-19(16)29-20/h2-7,12,23H,8-11H2,1H3/b24-18+. The number of nitrogens with zero attached hydrogens (tertiary/aromatic N) is 4. The minimum atomic E-state index is -3.63. The Morgan fingerprint density at radius 3 is 2.77 bits per heavy atom. The molecule has 0 spiro atoms. The highest BCUT2D eigenvalue weighted by Crippen LogP contribution is 2.25. The maximum atomic E-state index is 12.9. The van der Waals surface area contributed by atoms with Crippen molar-refractivity contribution in [2.24, 2.45) is 5.10 Å². The molecular weight excluding hydrogens is 422 g/mol. The van der Waals surface area contributed by atoms with Gasteiger partial charge in [-0.3, -0.25) is 5.43 Å². The van der Waals surface area contributed by atoms with Gasteiger partial charge in [0, 0.05) is 13.1 Å². The number of hydrogen-bond acceptors (Lipinski definition) is 8. The molecule has 154 valence electrons. The number of hydrazone groups is 1. The molecule has 0 amide bonds. The highest BCUT2D eigenvalue weighted by molar-refractivity contribution is 7.89. The lowest BCUT2D eigenvalue weighted by atomic mass is 10.2. The zero-order valence-electron chi connectivity index (χ0n) is 16.2. The number of thiazole rings is 1. The lowest BCUT2D eigenvalue weighted by Crippen LogP contribution is -2.40. The highest BCUT2D eigenvalue weighted by atomic mass is 32.2. The molecule has 2 heterocycles. The van der Waals surface area contributed by atoms with E-state index in [4.69, 9.17) is 4.74 Å². The second-order valence-corrected chi connectivity index (χ2v) is 9.63. The van der Waals surface area contributed by atoms with Crippen molar-refractivity contribution in [3.05, 3.63) is 53.0 Å². The van der Waals surface area contributed by atoms with Crippen LogP contribution >= 0.6 is 11.3 Å². The average molecular weight is 442 g/mol. The molecule has 1 aliphatic heterocycles. The molecule has 2 aromatic carbocycles. The van der Waals surface area contributed by atoms with Crippen LogP contribution in [0.3, 0.4) is 0 Å². The van der Waals surface area contributed by atoms with E-state index in [1.165, 1.54) is 21.7 Å². The molecule has 0 unspecified atom stereocenters. The number of nitrogens with one attached hydrogen (secondary N) is 1. The molecule has 30 heavy (non-hydrogen) atoms. The van der Waals surface area contributed by atoms with Crippen molar-refractivity contribution in [3.63, 3.8) is 0 Å². The van der Waals surface area contributed by atoms with Gasteiger partial charge in [0.15, 0.2) is 10.7 Å². The molecule has 1 aliphatic rings. The molecule has 8 nitrogen and oxygen atoms in total. The van der Waals surface area contributed by atoms with E-state index in [-0.39, 0.29) is 10.6 Å². The lowest BCUT2D eigenvalue weighted by Gasteiger charge is -2.26. The fourth-order valence-electron chi connectivity index (χ4n) is 3.03. The van der Waals surface area contributed by atoms with Gasteiger partial charge in [-0.1, -0.05) is 18.2 Å². The number of ether oxygens (including phenoxy) is 1. The summed E-state index contributed by atoms with van der Waals surface area (Å²) in [6, 6.07) is 14.5. The van der Waals surface area contributed by atoms with Gasteiger partial charge < -0.3 is 4.74 Å². The van der Waals surface area contributed by atoms with Crippen molar-refractivity contribution < 1.29 is 13.2 Å². The Kier molecular flexibility index (Phi) is 5.78. The van der Waals surface area contributed by atoms with Crippen LogP contribution in [0.4, 0.5) is 5.69 Å². The number of aryl methyl sites for hydroxylation is 1. The molecule has 1 aromatic heterocycles. The summed E-state index contributed by atoms with van der Waals surface area (Å²) in [5, 5.41) is 14.2. The first-order valence-electron chi connectivity index (χ1n) is 9.27. The van der Waals surface area contributed by atoms with Gasteiger partial charge in [0.05, 0.1) is 34.0 Å². The van der Waals surface area contributed by atoms with Crippen molar-refractivity contribution in [2.45, 2.75) is 11.8 Å². The molecule has 0 bridgehead atoms. The van der Waals surface area contributed by atoms with Gasteiger partial charge >= 0.3 is 0 Å². The predicted octanol–water partition coefficient (Wildman–Crippen LogP) is 2.97. The molecule has 3 aromatic rings. The number of rotatable bonds is 5. The van der Waals surface area contributed by atoms with Crippen LogP contribution in [-0.2, 0) is 14.8 Å². The predicted molar refractivity (Wildman–Crippen MR) is 116 cm³/mol. The van der Waals surface area contributed by atoms with Gasteiger partial charge in [0.2, 0.25) is 10.0 Å². The van der Waals surface area contributed by atoms with E-state index in [1.54, 1.807) is 12.1 Å². The van der Waals surface area contributed by atoms with E-state index in [2.05, 4.69) is 21.6 Å². The topological polar surface area (TPSA) is 108 Å². The fourth-order valence-corrected chi connectivity index (χ4v) is 5.37. The van der Waals surface area contributed by atoms with Crippen LogP contribution in [0.2, 0.25) is 0 Å².